The Balaban J connectivity index is 1.77. The van der Waals surface area contributed by atoms with Crippen LogP contribution in [0.4, 0.5) is 0 Å². The van der Waals surface area contributed by atoms with Gasteiger partial charge in [-0.15, -0.1) is 0 Å². The van der Waals surface area contributed by atoms with Crippen molar-refractivity contribution in [1.82, 2.24) is 4.90 Å². The molecule has 0 aromatic heterocycles. The molecule has 1 aliphatic heterocycles. The highest BCUT2D eigenvalue weighted by Crippen LogP contribution is 2.31. The fourth-order valence-electron chi connectivity index (χ4n) is 2.40. The number of hydrogen-bond acceptors (Lipinski definition) is 3. The Bertz CT molecular complexity index is 749. The lowest BCUT2D eigenvalue weighted by Crippen LogP contribution is -2.26. The molecule has 0 radical (unpaired) electrons. The van der Waals surface area contributed by atoms with Crippen molar-refractivity contribution in [3.63, 3.8) is 0 Å². The average Bonchev–Trinajstić information content (AvgIpc) is 2.56. The molecule has 3 rings (SSSR count). The normalized spacial score (nSPS) is 12.8. The first-order valence-corrected chi connectivity index (χ1v) is 7.89. The summed E-state index contributed by atoms with van der Waals surface area (Å²) < 4.78 is 11.1. The molecule has 1 aliphatic rings. The van der Waals surface area contributed by atoms with E-state index in [9.17, 15) is 4.79 Å². The van der Waals surface area contributed by atoms with E-state index < -0.39 is 0 Å². The second-order valence-corrected chi connectivity index (χ2v) is 6.11. The molecule has 1 amide bonds. The van der Waals surface area contributed by atoms with E-state index >= 15 is 0 Å². The lowest BCUT2D eigenvalue weighted by Gasteiger charge is -2.21. The zero-order valence-corrected chi connectivity index (χ0v) is 14.0. The number of benzene rings is 2. The Morgan fingerprint density at radius 3 is 2.61 bits per heavy atom. The Hall–Kier alpha value is -1.91. The summed E-state index contributed by atoms with van der Waals surface area (Å²) in [5.41, 5.74) is 1.34. The average molecular weight is 352 g/mol. The molecule has 23 heavy (non-hydrogen) atoms. The standard InChI is InChI=1S/C17H15Cl2NO3/c1-20(17(21)13-9-12(18)3-4-14(13)19)10-11-2-5-15-16(8-11)23-7-6-22-15/h2-5,8-9H,6-7,10H2,1H3. The number of amides is 1. The van der Waals surface area contributed by atoms with E-state index in [0.29, 0.717) is 41.1 Å². The molecule has 0 atom stereocenters. The summed E-state index contributed by atoms with van der Waals surface area (Å²) in [5.74, 6) is 1.25. The number of rotatable bonds is 3. The molecular formula is C17H15Cl2NO3. The predicted octanol–water partition coefficient (Wildman–Crippen LogP) is 4.04. The molecule has 0 saturated carbocycles. The van der Waals surface area contributed by atoms with Gasteiger partial charge in [0, 0.05) is 18.6 Å². The summed E-state index contributed by atoms with van der Waals surface area (Å²) in [7, 11) is 1.72. The van der Waals surface area contributed by atoms with Crippen LogP contribution >= 0.6 is 23.2 Å². The van der Waals surface area contributed by atoms with Gasteiger partial charge in [0.2, 0.25) is 0 Å². The van der Waals surface area contributed by atoms with Gasteiger partial charge in [-0.2, -0.15) is 0 Å². The third kappa shape index (κ3) is 3.54. The minimum absolute atomic E-state index is 0.188. The van der Waals surface area contributed by atoms with Crippen LogP contribution in [0.1, 0.15) is 15.9 Å². The van der Waals surface area contributed by atoms with Gasteiger partial charge in [0.15, 0.2) is 11.5 Å². The molecule has 4 nitrogen and oxygen atoms in total. The number of carbonyl (C=O) groups excluding carboxylic acids is 1. The smallest absolute Gasteiger partial charge is 0.255 e. The molecular weight excluding hydrogens is 337 g/mol. The first-order chi connectivity index (χ1) is 11.0. The fraction of sp³-hybridized carbons (Fsp3) is 0.235. The van der Waals surface area contributed by atoms with E-state index in [-0.39, 0.29) is 5.91 Å². The molecule has 2 aromatic rings. The van der Waals surface area contributed by atoms with Crippen molar-refractivity contribution in [3.8, 4) is 11.5 Å². The minimum atomic E-state index is -0.188. The number of ether oxygens (including phenoxy) is 2. The van der Waals surface area contributed by atoms with Gasteiger partial charge in [-0.1, -0.05) is 29.3 Å². The first kappa shape index (κ1) is 16.0. The largest absolute Gasteiger partial charge is 0.486 e. The third-order valence-electron chi connectivity index (χ3n) is 3.53. The van der Waals surface area contributed by atoms with Gasteiger partial charge in [-0.05, 0) is 35.9 Å². The summed E-state index contributed by atoms with van der Waals surface area (Å²) >= 11 is 12.0. The van der Waals surface area contributed by atoms with Crippen molar-refractivity contribution in [2.75, 3.05) is 20.3 Å². The Morgan fingerprint density at radius 1 is 1.09 bits per heavy atom. The summed E-state index contributed by atoms with van der Waals surface area (Å²) in [4.78, 5) is 14.1. The molecule has 0 saturated heterocycles. The molecule has 0 N–H and O–H groups in total. The van der Waals surface area contributed by atoms with Crippen LogP contribution in [0.3, 0.4) is 0 Å². The number of carbonyl (C=O) groups is 1. The molecule has 0 fully saturated rings. The topological polar surface area (TPSA) is 38.8 Å². The quantitative estimate of drug-likeness (QED) is 0.837. The van der Waals surface area contributed by atoms with E-state index in [1.807, 2.05) is 18.2 Å². The second kappa shape index (κ2) is 6.69. The second-order valence-electron chi connectivity index (χ2n) is 5.26. The molecule has 120 valence electrons. The van der Waals surface area contributed by atoms with Crippen LogP contribution < -0.4 is 9.47 Å². The zero-order chi connectivity index (χ0) is 16.4. The van der Waals surface area contributed by atoms with E-state index in [4.69, 9.17) is 32.7 Å². The Kier molecular flexibility index (Phi) is 4.64. The first-order valence-electron chi connectivity index (χ1n) is 7.13. The molecule has 0 unspecified atom stereocenters. The monoisotopic (exact) mass is 351 g/mol. The van der Waals surface area contributed by atoms with Crippen molar-refractivity contribution in [2.45, 2.75) is 6.54 Å². The maximum Gasteiger partial charge on any atom is 0.255 e. The van der Waals surface area contributed by atoms with Gasteiger partial charge in [0.1, 0.15) is 13.2 Å². The van der Waals surface area contributed by atoms with Crippen molar-refractivity contribution >= 4 is 29.1 Å². The van der Waals surface area contributed by atoms with Gasteiger partial charge < -0.3 is 14.4 Å². The Morgan fingerprint density at radius 2 is 1.83 bits per heavy atom. The Labute approximate surface area is 144 Å². The van der Waals surface area contributed by atoms with Crippen molar-refractivity contribution in [1.29, 1.82) is 0 Å². The minimum Gasteiger partial charge on any atom is -0.486 e. The molecule has 1 heterocycles. The number of nitrogens with zero attached hydrogens (tertiary/aromatic N) is 1. The highest BCUT2D eigenvalue weighted by atomic mass is 35.5. The van der Waals surface area contributed by atoms with Crippen LogP contribution in [0.2, 0.25) is 10.0 Å². The van der Waals surface area contributed by atoms with E-state index in [1.165, 1.54) is 0 Å². The van der Waals surface area contributed by atoms with Crippen LogP contribution in [0.5, 0.6) is 11.5 Å². The number of hydrogen-bond donors (Lipinski definition) is 0. The summed E-state index contributed by atoms with van der Waals surface area (Å²) in [5, 5.41) is 0.860. The summed E-state index contributed by atoms with van der Waals surface area (Å²) in [6.07, 6.45) is 0. The van der Waals surface area contributed by atoms with Gasteiger partial charge >= 0.3 is 0 Å². The van der Waals surface area contributed by atoms with E-state index in [0.717, 1.165) is 11.3 Å². The zero-order valence-electron chi connectivity index (χ0n) is 12.5. The van der Waals surface area contributed by atoms with E-state index in [2.05, 4.69) is 0 Å². The van der Waals surface area contributed by atoms with Crippen molar-refractivity contribution < 1.29 is 14.3 Å². The SMILES string of the molecule is CN(Cc1ccc2c(c1)OCCO2)C(=O)c1cc(Cl)ccc1Cl. The van der Waals surface area contributed by atoms with Crippen LogP contribution in [-0.4, -0.2) is 31.1 Å². The van der Waals surface area contributed by atoms with Gasteiger partial charge in [0.25, 0.3) is 5.91 Å². The van der Waals surface area contributed by atoms with Crippen LogP contribution in [-0.2, 0) is 6.54 Å². The van der Waals surface area contributed by atoms with Crippen LogP contribution in [0.25, 0.3) is 0 Å². The molecule has 0 spiro atoms. The predicted molar refractivity (Wildman–Crippen MR) is 89.7 cm³/mol. The van der Waals surface area contributed by atoms with Gasteiger partial charge in [-0.25, -0.2) is 0 Å². The van der Waals surface area contributed by atoms with Crippen molar-refractivity contribution in [2.24, 2.45) is 0 Å². The van der Waals surface area contributed by atoms with Crippen LogP contribution in [0.15, 0.2) is 36.4 Å². The van der Waals surface area contributed by atoms with Crippen molar-refractivity contribution in [3.05, 3.63) is 57.6 Å². The summed E-state index contributed by atoms with van der Waals surface area (Å²) in [6, 6.07) is 10.5. The molecule has 0 aliphatic carbocycles. The molecule has 0 bridgehead atoms. The van der Waals surface area contributed by atoms with Gasteiger partial charge in [-0.3, -0.25) is 4.79 Å². The molecule has 2 aromatic carbocycles. The lowest BCUT2D eigenvalue weighted by atomic mass is 10.1. The van der Waals surface area contributed by atoms with Crippen LogP contribution in [0, 0.1) is 0 Å². The summed E-state index contributed by atoms with van der Waals surface area (Å²) in [6.45, 7) is 1.51. The fourth-order valence-corrected chi connectivity index (χ4v) is 2.77. The maximum atomic E-state index is 12.5. The highest BCUT2D eigenvalue weighted by molar-refractivity contribution is 6.35. The van der Waals surface area contributed by atoms with Gasteiger partial charge in [0.05, 0.1) is 10.6 Å². The highest BCUT2D eigenvalue weighted by Gasteiger charge is 2.17. The number of fused-ring (bicyclic) bond motifs is 1. The van der Waals surface area contributed by atoms with E-state index in [1.54, 1.807) is 30.1 Å². The third-order valence-corrected chi connectivity index (χ3v) is 4.10. The molecule has 6 heteroatoms. The number of halogens is 2. The lowest BCUT2D eigenvalue weighted by molar-refractivity contribution is 0.0785. The maximum absolute atomic E-state index is 12.5.